The quantitative estimate of drug-likeness (QED) is 0.708. The summed E-state index contributed by atoms with van der Waals surface area (Å²) in [6.07, 6.45) is 4.08. The van der Waals surface area contributed by atoms with Crippen LogP contribution in [0.25, 0.3) is 6.08 Å². The van der Waals surface area contributed by atoms with E-state index in [4.69, 9.17) is 8.51 Å². The second-order valence-corrected chi connectivity index (χ2v) is 2.68. The first kappa shape index (κ1) is 10.9. The van der Waals surface area contributed by atoms with Crippen LogP contribution in [-0.4, -0.2) is 5.78 Å². The summed E-state index contributed by atoms with van der Waals surface area (Å²) in [6.45, 7) is 0. The van der Waals surface area contributed by atoms with Crippen molar-refractivity contribution < 1.29 is 28.3 Å². The van der Waals surface area contributed by atoms with E-state index in [0.29, 0.717) is 6.42 Å². The van der Waals surface area contributed by atoms with Crippen LogP contribution >= 0.6 is 8.51 Å². The molecule has 0 heterocycles. The maximum atomic E-state index is 10.9. The average Bonchev–Trinajstić information content (AvgIpc) is 2.21. The van der Waals surface area contributed by atoms with Crippen LogP contribution in [0, 0.1) is 0 Å². The van der Waals surface area contributed by atoms with E-state index in [2.05, 4.69) is 0 Å². The molecule has 65 valence electrons. The minimum atomic E-state index is 0.198. The summed E-state index contributed by atoms with van der Waals surface area (Å²) >= 11 is 1.02. The molecule has 0 bridgehead atoms. The number of halogens is 1. The van der Waals surface area contributed by atoms with Crippen molar-refractivity contribution in [2.24, 2.45) is 0 Å². The molecule has 3 heteroatoms. The zero-order valence-electron chi connectivity index (χ0n) is 6.96. The Labute approximate surface area is 96.2 Å². The summed E-state index contributed by atoms with van der Waals surface area (Å²) in [7, 11) is 4.73. The van der Waals surface area contributed by atoms with Crippen LogP contribution in [0.4, 0.5) is 0 Å². The van der Waals surface area contributed by atoms with Crippen molar-refractivity contribution in [2.45, 2.75) is 6.42 Å². The third-order valence-electron chi connectivity index (χ3n) is 1.87. The Kier molecular flexibility index (Phi) is 4.62. The first-order chi connectivity index (χ1) is 6.36. The Morgan fingerprint density at radius 1 is 1.15 bits per heavy atom. The fourth-order valence-corrected chi connectivity index (χ4v) is 1.29. The van der Waals surface area contributed by atoms with Gasteiger partial charge in [0.1, 0.15) is 0 Å². The first-order valence-corrected chi connectivity index (χ1v) is 7.00. The van der Waals surface area contributed by atoms with Gasteiger partial charge in [0.15, 0.2) is 5.78 Å². The molecule has 0 unspecified atom stereocenters. The summed E-state index contributed by atoms with van der Waals surface area (Å²) in [6, 6.07) is 7.97. The third kappa shape index (κ3) is 2.89. The van der Waals surface area contributed by atoms with Gasteiger partial charge in [-0.1, -0.05) is 30.3 Å². The van der Waals surface area contributed by atoms with E-state index in [1.807, 2.05) is 30.3 Å². The zero-order chi connectivity index (χ0) is 9.68. The molecular weight excluding hydrogens is 263 g/mol. The molecule has 1 nitrogen and oxygen atoms in total. The fourth-order valence-electron chi connectivity index (χ4n) is 1.29. The molecule has 1 aromatic carbocycles. The van der Waals surface area contributed by atoms with Gasteiger partial charge in [0, 0.05) is 6.42 Å². The number of rotatable bonds is 0. The summed E-state index contributed by atoms with van der Waals surface area (Å²) in [5.41, 5.74) is 2.31. The van der Waals surface area contributed by atoms with Crippen LogP contribution in [0.3, 0.4) is 0 Å². The Morgan fingerprint density at radius 3 is 2.62 bits per heavy atom. The standard InChI is InChI=1S/C10H8O.ClH.Zr/c11-10-6-5-8-3-1-2-4-9(8)7-10;;/h1-6H,7H2;1H;/q;;+1/p-1. The van der Waals surface area contributed by atoms with Crippen LogP contribution < -0.4 is 0 Å². The van der Waals surface area contributed by atoms with E-state index >= 15 is 0 Å². The number of carbonyl (C=O) groups is 1. The van der Waals surface area contributed by atoms with Crippen molar-refractivity contribution >= 4 is 20.4 Å². The van der Waals surface area contributed by atoms with Gasteiger partial charge in [-0.25, -0.2) is 0 Å². The molecule has 13 heavy (non-hydrogen) atoms. The van der Waals surface area contributed by atoms with Gasteiger partial charge in [-0.05, 0) is 17.2 Å². The van der Waals surface area contributed by atoms with Gasteiger partial charge in [-0.2, -0.15) is 0 Å². The number of allylic oxidation sites excluding steroid dienone is 1. The van der Waals surface area contributed by atoms with Crippen LogP contribution in [0.2, 0.25) is 0 Å². The van der Waals surface area contributed by atoms with Gasteiger partial charge in [0.2, 0.25) is 0 Å². The number of carbonyl (C=O) groups excluding carboxylic acids is 1. The predicted molar refractivity (Wildman–Crippen MR) is 50.0 cm³/mol. The number of ketones is 1. The van der Waals surface area contributed by atoms with Gasteiger partial charge >= 0.3 is 32.0 Å². The molecule has 1 aromatic rings. The molecule has 0 aromatic heterocycles. The van der Waals surface area contributed by atoms with Crippen molar-refractivity contribution in [3.8, 4) is 0 Å². The van der Waals surface area contributed by atoms with Gasteiger partial charge in [-0.15, -0.1) is 0 Å². The zero-order valence-corrected chi connectivity index (χ0v) is 10.2. The second-order valence-electron chi connectivity index (χ2n) is 2.68. The van der Waals surface area contributed by atoms with E-state index in [1.165, 1.54) is 5.56 Å². The van der Waals surface area contributed by atoms with Crippen molar-refractivity contribution in [1.29, 1.82) is 0 Å². The summed E-state index contributed by atoms with van der Waals surface area (Å²) in [5, 5.41) is 0. The Bertz CT molecular complexity index is 333. The monoisotopic (exact) mass is 269 g/mol. The second kappa shape index (κ2) is 5.52. The molecule has 1 aliphatic rings. The SMILES string of the molecule is O=C1C=Cc2ccccc2C1.[Cl][Zr]. The Balaban J connectivity index is 0.000000396. The molecule has 0 fully saturated rings. The molecule has 0 aliphatic heterocycles. The maximum absolute atomic E-state index is 10.9. The van der Waals surface area contributed by atoms with Crippen molar-refractivity contribution in [1.82, 2.24) is 0 Å². The average molecular weight is 271 g/mol. The number of fused-ring (bicyclic) bond motifs is 1. The van der Waals surface area contributed by atoms with Gasteiger partial charge in [0.25, 0.3) is 0 Å². The predicted octanol–water partition coefficient (Wildman–Crippen LogP) is 2.51. The van der Waals surface area contributed by atoms with Crippen LogP contribution in [0.5, 0.6) is 0 Å². The third-order valence-corrected chi connectivity index (χ3v) is 1.87. The minimum absolute atomic E-state index is 0.198. The van der Waals surface area contributed by atoms with Crippen LogP contribution in [-0.2, 0) is 34.7 Å². The van der Waals surface area contributed by atoms with Crippen molar-refractivity contribution in [3.63, 3.8) is 0 Å². The summed E-state index contributed by atoms with van der Waals surface area (Å²) < 4.78 is 0. The Morgan fingerprint density at radius 2 is 1.85 bits per heavy atom. The van der Waals surface area contributed by atoms with Gasteiger partial charge in [-0.3, -0.25) is 4.79 Å². The van der Waals surface area contributed by atoms with E-state index < -0.39 is 0 Å². The van der Waals surface area contributed by atoms with Crippen molar-refractivity contribution in [3.05, 3.63) is 41.5 Å². The molecule has 0 saturated carbocycles. The molecule has 0 radical (unpaired) electrons. The van der Waals surface area contributed by atoms with E-state index in [0.717, 1.165) is 29.1 Å². The normalized spacial score (nSPS) is 12.8. The summed E-state index contributed by atoms with van der Waals surface area (Å²) in [5.74, 6) is 0.198. The topological polar surface area (TPSA) is 17.1 Å². The molecular formula is C10H8ClOZr. The van der Waals surface area contributed by atoms with E-state index in [9.17, 15) is 4.79 Å². The molecule has 0 N–H and O–H groups in total. The fraction of sp³-hybridized carbons (Fsp3) is 0.100. The van der Waals surface area contributed by atoms with E-state index in [1.54, 1.807) is 6.08 Å². The molecule has 0 saturated heterocycles. The van der Waals surface area contributed by atoms with E-state index in [-0.39, 0.29) is 5.78 Å². The molecule has 1 aliphatic carbocycles. The van der Waals surface area contributed by atoms with Crippen LogP contribution in [0.15, 0.2) is 30.3 Å². The molecule has 0 spiro atoms. The molecule has 0 amide bonds. The van der Waals surface area contributed by atoms with Gasteiger partial charge < -0.3 is 0 Å². The number of benzene rings is 1. The summed E-state index contributed by atoms with van der Waals surface area (Å²) in [4.78, 5) is 10.9. The Hall–Kier alpha value is -0.197. The molecule has 0 atom stereocenters. The first-order valence-electron chi connectivity index (χ1n) is 3.84. The molecule has 2 rings (SSSR count). The van der Waals surface area contributed by atoms with Crippen molar-refractivity contribution in [2.75, 3.05) is 0 Å². The number of hydrogen-bond donors (Lipinski definition) is 0. The van der Waals surface area contributed by atoms with Gasteiger partial charge in [0.05, 0.1) is 0 Å². The number of hydrogen-bond acceptors (Lipinski definition) is 1. The van der Waals surface area contributed by atoms with Crippen LogP contribution in [0.1, 0.15) is 11.1 Å².